The van der Waals surface area contributed by atoms with Gasteiger partial charge in [-0.3, -0.25) is 0 Å². The van der Waals surface area contributed by atoms with Crippen LogP contribution in [0.2, 0.25) is 0 Å². The highest BCUT2D eigenvalue weighted by Gasteiger charge is 2.09. The lowest BCUT2D eigenvalue weighted by Gasteiger charge is -1.94. The molecule has 5 nitrogen and oxygen atoms in total. The van der Waals surface area contributed by atoms with E-state index in [4.69, 9.17) is 21.8 Å². The second kappa shape index (κ2) is 4.51. The first-order chi connectivity index (χ1) is 6.24. The number of hydrogen-bond donors (Lipinski definition) is 1. The van der Waals surface area contributed by atoms with Crippen molar-refractivity contribution in [2.24, 2.45) is 10.9 Å². The van der Waals surface area contributed by atoms with Crippen molar-refractivity contribution in [2.75, 3.05) is 5.88 Å². The fraction of sp³-hybridized carbons (Fsp3) is 0.143. The Labute approximate surface area is 79.1 Å². The first-order valence-electron chi connectivity index (χ1n) is 3.37. The fourth-order valence-corrected chi connectivity index (χ4v) is 0.613. The van der Waals surface area contributed by atoms with Crippen molar-refractivity contribution >= 4 is 23.4 Å². The van der Waals surface area contributed by atoms with E-state index in [1.54, 1.807) is 6.07 Å². The highest BCUT2D eigenvalue weighted by Crippen LogP contribution is 2.02. The molecule has 0 bridgehead atoms. The monoisotopic (exact) mass is 202 g/mol. The third kappa shape index (κ3) is 2.79. The molecule has 0 saturated heterocycles. The van der Waals surface area contributed by atoms with Crippen LogP contribution in [-0.2, 0) is 4.84 Å². The van der Waals surface area contributed by atoms with E-state index in [1.165, 1.54) is 12.3 Å². The Balaban J connectivity index is 2.52. The highest BCUT2D eigenvalue weighted by atomic mass is 35.5. The molecular formula is C7H7ClN2O3. The van der Waals surface area contributed by atoms with E-state index in [-0.39, 0.29) is 17.5 Å². The van der Waals surface area contributed by atoms with Crippen LogP contribution in [0.5, 0.6) is 0 Å². The van der Waals surface area contributed by atoms with Gasteiger partial charge in [0.2, 0.25) is 5.76 Å². The van der Waals surface area contributed by atoms with Crippen molar-refractivity contribution in [3.05, 3.63) is 24.2 Å². The van der Waals surface area contributed by atoms with E-state index in [2.05, 4.69) is 9.99 Å². The van der Waals surface area contributed by atoms with Gasteiger partial charge in [0.05, 0.1) is 12.1 Å². The van der Waals surface area contributed by atoms with Crippen LogP contribution < -0.4 is 5.73 Å². The number of oxime groups is 1. The van der Waals surface area contributed by atoms with Crippen molar-refractivity contribution in [2.45, 2.75) is 0 Å². The summed E-state index contributed by atoms with van der Waals surface area (Å²) in [4.78, 5) is 15.4. The van der Waals surface area contributed by atoms with Crippen molar-refractivity contribution in [1.29, 1.82) is 0 Å². The molecule has 0 unspecified atom stereocenters. The minimum atomic E-state index is -0.710. The average molecular weight is 203 g/mol. The minimum Gasteiger partial charge on any atom is -0.457 e. The topological polar surface area (TPSA) is 77.8 Å². The number of carbonyl (C=O) groups is 1. The van der Waals surface area contributed by atoms with Gasteiger partial charge < -0.3 is 15.0 Å². The Kier molecular flexibility index (Phi) is 3.33. The molecule has 0 amide bonds. The molecule has 2 N–H and O–H groups in total. The summed E-state index contributed by atoms with van der Waals surface area (Å²) < 4.78 is 4.74. The Bertz CT molecular complexity index is 308. The van der Waals surface area contributed by atoms with Crippen molar-refractivity contribution in [3.8, 4) is 0 Å². The molecule has 0 radical (unpaired) electrons. The van der Waals surface area contributed by atoms with Crippen LogP contribution in [0.4, 0.5) is 0 Å². The summed E-state index contributed by atoms with van der Waals surface area (Å²) >= 11 is 5.29. The lowest BCUT2D eigenvalue weighted by Crippen LogP contribution is -2.14. The first kappa shape index (κ1) is 9.60. The number of furan rings is 1. The van der Waals surface area contributed by atoms with Gasteiger partial charge in [0.1, 0.15) is 0 Å². The molecule has 13 heavy (non-hydrogen) atoms. The maximum atomic E-state index is 11.0. The lowest BCUT2D eigenvalue weighted by atomic mass is 10.5. The summed E-state index contributed by atoms with van der Waals surface area (Å²) in [7, 11) is 0. The Morgan fingerprint density at radius 1 is 1.77 bits per heavy atom. The normalized spacial score (nSPS) is 11.3. The third-order valence-corrected chi connectivity index (χ3v) is 1.38. The standard InChI is InChI=1S/C7H7ClN2O3/c8-4-6(9)10-13-7(11)5-2-1-3-12-5/h1-3H,4H2,(H2,9,10). The van der Waals surface area contributed by atoms with Crippen LogP contribution in [-0.4, -0.2) is 17.7 Å². The molecule has 0 aromatic carbocycles. The van der Waals surface area contributed by atoms with Crippen molar-refractivity contribution < 1.29 is 14.0 Å². The van der Waals surface area contributed by atoms with Gasteiger partial charge >= 0.3 is 5.97 Å². The predicted molar refractivity (Wildman–Crippen MR) is 46.5 cm³/mol. The van der Waals surface area contributed by atoms with Gasteiger partial charge in [0.25, 0.3) is 0 Å². The van der Waals surface area contributed by atoms with Gasteiger partial charge in [-0.2, -0.15) is 0 Å². The van der Waals surface area contributed by atoms with Gasteiger partial charge in [-0.25, -0.2) is 4.79 Å². The molecule has 0 aliphatic heterocycles. The van der Waals surface area contributed by atoms with Crippen molar-refractivity contribution in [3.63, 3.8) is 0 Å². The molecule has 1 rings (SSSR count). The molecule has 0 atom stereocenters. The number of alkyl halides is 1. The number of halogens is 1. The molecule has 0 saturated carbocycles. The zero-order valence-electron chi connectivity index (χ0n) is 6.57. The number of rotatable bonds is 3. The molecule has 0 aliphatic rings. The second-order valence-corrected chi connectivity index (χ2v) is 2.34. The van der Waals surface area contributed by atoms with Crippen LogP contribution >= 0.6 is 11.6 Å². The quantitative estimate of drug-likeness (QED) is 0.260. The van der Waals surface area contributed by atoms with E-state index in [0.717, 1.165) is 0 Å². The van der Waals surface area contributed by atoms with Gasteiger partial charge in [0, 0.05) is 0 Å². The zero-order valence-corrected chi connectivity index (χ0v) is 7.32. The average Bonchev–Trinajstić information content (AvgIpc) is 2.66. The Hall–Kier alpha value is -1.49. The Morgan fingerprint density at radius 2 is 2.54 bits per heavy atom. The number of carbonyl (C=O) groups excluding carboxylic acids is 1. The van der Waals surface area contributed by atoms with E-state index in [0.29, 0.717) is 0 Å². The molecule has 1 aromatic rings. The number of hydrogen-bond acceptors (Lipinski definition) is 4. The summed E-state index contributed by atoms with van der Waals surface area (Å²) in [6, 6.07) is 3.01. The van der Waals surface area contributed by atoms with Crippen LogP contribution in [0, 0.1) is 0 Å². The molecule has 1 heterocycles. The van der Waals surface area contributed by atoms with Gasteiger partial charge in [0.15, 0.2) is 5.84 Å². The van der Waals surface area contributed by atoms with Crippen LogP contribution in [0.15, 0.2) is 28.0 Å². The molecule has 0 fully saturated rings. The highest BCUT2D eigenvalue weighted by molar-refractivity contribution is 6.27. The smallest absolute Gasteiger partial charge is 0.400 e. The maximum absolute atomic E-state index is 11.0. The van der Waals surface area contributed by atoms with Gasteiger partial charge in [-0.15, -0.1) is 11.6 Å². The molecule has 70 valence electrons. The van der Waals surface area contributed by atoms with Gasteiger partial charge in [-0.05, 0) is 12.1 Å². The summed E-state index contributed by atoms with van der Waals surface area (Å²) in [5.41, 5.74) is 5.18. The van der Waals surface area contributed by atoms with Crippen LogP contribution in [0.25, 0.3) is 0 Å². The van der Waals surface area contributed by atoms with Crippen LogP contribution in [0.3, 0.4) is 0 Å². The molecular weight excluding hydrogens is 196 g/mol. The van der Waals surface area contributed by atoms with E-state index in [1.807, 2.05) is 0 Å². The SMILES string of the molecule is NC(CCl)=NOC(=O)c1ccco1. The van der Waals surface area contributed by atoms with Crippen molar-refractivity contribution in [1.82, 2.24) is 0 Å². The first-order valence-corrected chi connectivity index (χ1v) is 3.90. The predicted octanol–water partition coefficient (Wildman–Crippen LogP) is 0.947. The summed E-state index contributed by atoms with van der Waals surface area (Å²) in [5, 5.41) is 3.25. The second-order valence-electron chi connectivity index (χ2n) is 2.07. The Morgan fingerprint density at radius 3 is 3.08 bits per heavy atom. The summed E-state index contributed by atoms with van der Waals surface area (Å²) in [6.45, 7) is 0. The van der Waals surface area contributed by atoms with Crippen LogP contribution in [0.1, 0.15) is 10.6 Å². The largest absolute Gasteiger partial charge is 0.457 e. The van der Waals surface area contributed by atoms with E-state index < -0.39 is 5.97 Å². The molecule has 0 spiro atoms. The lowest BCUT2D eigenvalue weighted by molar-refractivity contribution is 0.0479. The zero-order chi connectivity index (χ0) is 9.68. The number of nitrogens with two attached hydrogens (primary N) is 1. The maximum Gasteiger partial charge on any atom is 0.400 e. The van der Waals surface area contributed by atoms with E-state index in [9.17, 15) is 4.79 Å². The number of nitrogens with zero attached hydrogens (tertiary/aromatic N) is 1. The molecule has 6 heteroatoms. The number of amidine groups is 1. The van der Waals surface area contributed by atoms with E-state index >= 15 is 0 Å². The minimum absolute atomic E-state index is 0.00539. The molecule has 1 aromatic heterocycles. The van der Waals surface area contributed by atoms with Gasteiger partial charge in [-0.1, -0.05) is 5.16 Å². The summed E-state index contributed by atoms with van der Waals surface area (Å²) in [5.74, 6) is -0.614. The fourth-order valence-electron chi connectivity index (χ4n) is 0.564. The molecule has 0 aliphatic carbocycles. The summed E-state index contributed by atoms with van der Waals surface area (Å²) in [6.07, 6.45) is 1.35. The third-order valence-electron chi connectivity index (χ3n) is 1.11.